The molecule has 0 aromatic heterocycles. The summed E-state index contributed by atoms with van der Waals surface area (Å²) in [6.07, 6.45) is 17.3. The summed E-state index contributed by atoms with van der Waals surface area (Å²) < 4.78 is 4.98. The summed E-state index contributed by atoms with van der Waals surface area (Å²) in [5.74, 6) is -0.356. The highest BCUT2D eigenvalue weighted by atomic mass is 16.6. The van der Waals surface area contributed by atoms with E-state index >= 15 is 0 Å². The van der Waals surface area contributed by atoms with Crippen LogP contribution < -0.4 is 0 Å². The van der Waals surface area contributed by atoms with E-state index in [1.54, 1.807) is 6.92 Å². The zero-order valence-corrected chi connectivity index (χ0v) is 13.8. The van der Waals surface area contributed by atoms with Gasteiger partial charge in [0.15, 0.2) is 0 Å². The maximum absolute atomic E-state index is 11.5. The van der Waals surface area contributed by atoms with Gasteiger partial charge in [0.05, 0.1) is 5.57 Å². The number of carbonyl (C=O) groups is 1. The Labute approximate surface area is 134 Å². The van der Waals surface area contributed by atoms with Gasteiger partial charge in [0, 0.05) is 0 Å². The van der Waals surface area contributed by atoms with Gasteiger partial charge in [-0.1, -0.05) is 63.0 Å². The van der Waals surface area contributed by atoms with E-state index in [-0.39, 0.29) is 5.97 Å². The highest BCUT2D eigenvalue weighted by Gasteiger charge is 2.34. The summed E-state index contributed by atoms with van der Waals surface area (Å²) in [4.78, 5) is 11.5. The van der Waals surface area contributed by atoms with Crippen molar-refractivity contribution in [1.29, 1.82) is 0 Å². The van der Waals surface area contributed by atoms with Crippen LogP contribution in [-0.4, -0.2) is 23.3 Å². The lowest BCUT2D eigenvalue weighted by Crippen LogP contribution is -2.17. The average Bonchev–Trinajstić information content (AvgIpc) is 2.74. The smallest absolute Gasteiger partial charge is 0.336 e. The summed E-state index contributed by atoms with van der Waals surface area (Å²) >= 11 is 0. The summed E-state index contributed by atoms with van der Waals surface area (Å²) in [5, 5.41) is 9.78. The summed E-state index contributed by atoms with van der Waals surface area (Å²) in [5.41, 5.74) is 0.445. The van der Waals surface area contributed by atoms with Crippen molar-refractivity contribution in [3.05, 3.63) is 36.5 Å². The molecule has 0 bridgehead atoms. The molecule has 0 radical (unpaired) electrons. The molecule has 1 saturated heterocycles. The summed E-state index contributed by atoms with van der Waals surface area (Å²) in [6.45, 7) is 5.37. The fourth-order valence-corrected chi connectivity index (χ4v) is 2.62. The molecule has 3 nitrogen and oxygen atoms in total. The van der Waals surface area contributed by atoms with Crippen LogP contribution >= 0.6 is 0 Å². The van der Waals surface area contributed by atoms with Gasteiger partial charge in [0.25, 0.3) is 0 Å². The maximum Gasteiger partial charge on any atom is 0.336 e. The second-order valence-corrected chi connectivity index (χ2v) is 5.93. The highest BCUT2D eigenvalue weighted by molar-refractivity contribution is 5.92. The van der Waals surface area contributed by atoms with Crippen LogP contribution in [0.4, 0.5) is 0 Å². The van der Waals surface area contributed by atoms with E-state index < -0.39 is 12.2 Å². The van der Waals surface area contributed by atoms with Crippen molar-refractivity contribution >= 4 is 5.97 Å². The molecule has 124 valence electrons. The lowest BCUT2D eigenvalue weighted by molar-refractivity contribution is -0.138. The first-order valence-electron chi connectivity index (χ1n) is 8.53. The SMILES string of the molecule is C=C/C=C\CCCCCCCCC/C=C1/C(=O)O[C@H](C)[C@H]1O. The number of aliphatic hydroxyl groups is 1. The predicted octanol–water partition coefficient (Wildman–Crippen LogP) is 4.47. The molecule has 22 heavy (non-hydrogen) atoms. The first kappa shape index (κ1) is 18.7. The standard InChI is InChI=1S/C19H30O3/c1-3-4-5-6-7-8-9-10-11-12-13-14-15-17-18(20)16(2)22-19(17)21/h3-5,15-16,18,20H,1,6-14H2,2H3/b5-4-,17-15+/t16-,18-/m1/s1. The molecule has 1 aliphatic heterocycles. The molecule has 0 spiro atoms. The molecule has 1 rings (SSSR count). The van der Waals surface area contributed by atoms with Gasteiger partial charge in [0.2, 0.25) is 0 Å². The van der Waals surface area contributed by atoms with Gasteiger partial charge in [-0.2, -0.15) is 0 Å². The Morgan fingerprint density at radius 2 is 1.68 bits per heavy atom. The third-order valence-electron chi connectivity index (χ3n) is 4.00. The largest absolute Gasteiger partial charge is 0.456 e. The predicted molar refractivity (Wildman–Crippen MR) is 90.5 cm³/mol. The number of rotatable bonds is 11. The molecule has 0 amide bonds. The van der Waals surface area contributed by atoms with Crippen LogP contribution in [0.5, 0.6) is 0 Å². The van der Waals surface area contributed by atoms with E-state index in [1.807, 2.05) is 18.2 Å². The second-order valence-electron chi connectivity index (χ2n) is 5.93. The zero-order valence-electron chi connectivity index (χ0n) is 13.8. The lowest BCUT2D eigenvalue weighted by Gasteiger charge is -2.04. The molecular formula is C19H30O3. The fraction of sp³-hybridized carbons (Fsp3) is 0.632. The van der Waals surface area contributed by atoms with Gasteiger partial charge in [-0.15, -0.1) is 0 Å². The van der Waals surface area contributed by atoms with Gasteiger partial charge in [0.1, 0.15) is 12.2 Å². The Bertz CT molecular complexity index is 395. The number of hydrogen-bond donors (Lipinski definition) is 1. The number of carbonyl (C=O) groups excluding carboxylic acids is 1. The van der Waals surface area contributed by atoms with Crippen LogP contribution in [0.25, 0.3) is 0 Å². The first-order chi connectivity index (χ1) is 10.7. The molecule has 0 saturated carbocycles. The van der Waals surface area contributed by atoms with Crippen LogP contribution in [0.1, 0.15) is 64.7 Å². The van der Waals surface area contributed by atoms with Gasteiger partial charge < -0.3 is 9.84 Å². The molecule has 1 fully saturated rings. The molecule has 3 heteroatoms. The van der Waals surface area contributed by atoms with Crippen molar-refractivity contribution < 1.29 is 14.6 Å². The van der Waals surface area contributed by atoms with E-state index in [0.717, 1.165) is 19.3 Å². The van der Waals surface area contributed by atoms with Gasteiger partial charge in [-0.05, 0) is 32.6 Å². The van der Waals surface area contributed by atoms with E-state index in [0.29, 0.717) is 5.57 Å². The minimum absolute atomic E-state index is 0.356. The molecule has 0 aromatic rings. The van der Waals surface area contributed by atoms with E-state index in [4.69, 9.17) is 4.74 Å². The Morgan fingerprint density at radius 3 is 2.23 bits per heavy atom. The van der Waals surface area contributed by atoms with Gasteiger partial charge >= 0.3 is 5.97 Å². The third kappa shape index (κ3) is 7.08. The van der Waals surface area contributed by atoms with Crippen molar-refractivity contribution in [3.8, 4) is 0 Å². The van der Waals surface area contributed by atoms with Gasteiger partial charge in [-0.3, -0.25) is 0 Å². The molecule has 1 N–H and O–H groups in total. The lowest BCUT2D eigenvalue weighted by atomic mass is 10.0. The number of unbranched alkanes of at least 4 members (excludes halogenated alkanes) is 8. The van der Waals surface area contributed by atoms with E-state index in [1.165, 1.54) is 38.5 Å². The Kier molecular flexibility index (Phi) is 9.56. The minimum Gasteiger partial charge on any atom is -0.456 e. The molecule has 0 aliphatic carbocycles. The summed E-state index contributed by atoms with van der Waals surface area (Å²) in [7, 11) is 0. The van der Waals surface area contributed by atoms with Crippen molar-refractivity contribution in [1.82, 2.24) is 0 Å². The molecule has 0 unspecified atom stereocenters. The maximum atomic E-state index is 11.5. The molecular weight excluding hydrogens is 276 g/mol. The van der Waals surface area contributed by atoms with Crippen LogP contribution in [0.2, 0.25) is 0 Å². The molecule has 2 atom stereocenters. The van der Waals surface area contributed by atoms with E-state index in [2.05, 4.69) is 12.7 Å². The van der Waals surface area contributed by atoms with Crippen LogP contribution in [-0.2, 0) is 9.53 Å². The molecule has 1 heterocycles. The average molecular weight is 306 g/mol. The summed E-state index contributed by atoms with van der Waals surface area (Å²) in [6, 6.07) is 0. The van der Waals surface area contributed by atoms with Crippen molar-refractivity contribution in [2.45, 2.75) is 76.9 Å². The van der Waals surface area contributed by atoms with Crippen molar-refractivity contribution in [2.24, 2.45) is 0 Å². The van der Waals surface area contributed by atoms with Crippen LogP contribution in [0.3, 0.4) is 0 Å². The highest BCUT2D eigenvalue weighted by Crippen LogP contribution is 2.22. The third-order valence-corrected chi connectivity index (χ3v) is 4.00. The number of aliphatic hydroxyl groups excluding tert-OH is 1. The topological polar surface area (TPSA) is 46.5 Å². The Morgan fingerprint density at radius 1 is 1.09 bits per heavy atom. The minimum atomic E-state index is -0.748. The number of ether oxygens (including phenoxy) is 1. The number of hydrogen-bond acceptors (Lipinski definition) is 3. The van der Waals surface area contributed by atoms with Crippen LogP contribution in [0.15, 0.2) is 36.5 Å². The first-order valence-corrected chi connectivity index (χ1v) is 8.53. The normalized spacial score (nSPS) is 23.4. The second kappa shape index (κ2) is 11.2. The van der Waals surface area contributed by atoms with Gasteiger partial charge in [-0.25, -0.2) is 4.79 Å². The van der Waals surface area contributed by atoms with Crippen molar-refractivity contribution in [3.63, 3.8) is 0 Å². The Balaban J connectivity index is 1.97. The number of esters is 1. The monoisotopic (exact) mass is 306 g/mol. The quantitative estimate of drug-likeness (QED) is 0.265. The Hall–Kier alpha value is -1.35. The fourth-order valence-electron chi connectivity index (χ4n) is 2.62. The zero-order chi connectivity index (χ0) is 16.2. The van der Waals surface area contributed by atoms with E-state index in [9.17, 15) is 9.90 Å². The van der Waals surface area contributed by atoms with Crippen molar-refractivity contribution in [2.75, 3.05) is 0 Å². The molecule has 1 aliphatic rings. The number of cyclic esters (lactones) is 1. The number of allylic oxidation sites excluding steroid dienone is 4. The molecule has 0 aromatic carbocycles. The van der Waals surface area contributed by atoms with Crippen LogP contribution in [0, 0.1) is 0 Å².